The van der Waals surface area contributed by atoms with Crippen molar-refractivity contribution in [3.63, 3.8) is 0 Å². The van der Waals surface area contributed by atoms with Gasteiger partial charge in [0.2, 0.25) is 0 Å². The van der Waals surface area contributed by atoms with E-state index in [2.05, 4.69) is 17.3 Å². The average Bonchev–Trinajstić information content (AvgIpc) is 2.67. The maximum atomic E-state index is 5.54. The van der Waals surface area contributed by atoms with Crippen molar-refractivity contribution in [2.24, 2.45) is 5.41 Å². The summed E-state index contributed by atoms with van der Waals surface area (Å²) in [5.74, 6) is 0. The van der Waals surface area contributed by atoms with E-state index in [-0.39, 0.29) is 0 Å². The number of nitrogens with zero attached hydrogens (tertiary/aromatic N) is 1. The van der Waals surface area contributed by atoms with Gasteiger partial charge in [0.15, 0.2) is 0 Å². The number of likely N-dealkylation sites (N-methyl/N-ethyl adjacent to an activating group) is 1. The summed E-state index contributed by atoms with van der Waals surface area (Å²) >= 11 is 0. The van der Waals surface area contributed by atoms with Crippen LogP contribution in [0.2, 0.25) is 0 Å². The number of ether oxygens (including phenoxy) is 2. The van der Waals surface area contributed by atoms with Crippen LogP contribution in [0, 0.1) is 5.41 Å². The first-order valence-corrected chi connectivity index (χ1v) is 6.21. The van der Waals surface area contributed by atoms with Gasteiger partial charge in [-0.05, 0) is 27.4 Å². The molecule has 0 radical (unpaired) electrons. The second-order valence-corrected chi connectivity index (χ2v) is 4.77. The fourth-order valence-electron chi connectivity index (χ4n) is 2.36. The number of nitrogens with one attached hydrogen (secondary N) is 1. The predicted octanol–water partition coefficient (Wildman–Crippen LogP) is 0.581. The Morgan fingerprint density at radius 2 is 2.31 bits per heavy atom. The summed E-state index contributed by atoms with van der Waals surface area (Å²) in [6.07, 6.45) is 1.16. The maximum Gasteiger partial charge on any atom is 0.0593 e. The Balaban J connectivity index is 2.30. The molecular formula is C12H26N2O2. The summed E-state index contributed by atoms with van der Waals surface area (Å²) in [6.45, 7) is 8.56. The Morgan fingerprint density at radius 3 is 2.88 bits per heavy atom. The van der Waals surface area contributed by atoms with E-state index in [9.17, 15) is 0 Å². The number of hydrogen-bond acceptors (Lipinski definition) is 4. The zero-order chi connectivity index (χ0) is 11.9. The van der Waals surface area contributed by atoms with Gasteiger partial charge in [-0.25, -0.2) is 0 Å². The van der Waals surface area contributed by atoms with Crippen LogP contribution in [0.4, 0.5) is 0 Å². The standard InChI is InChI=1S/C12H26N2O2/c1-4-15-8-6-14(3)10-12(9-13-2)5-7-16-11-12/h13H,4-11H2,1-3H3. The maximum absolute atomic E-state index is 5.54. The molecule has 1 unspecified atom stereocenters. The van der Waals surface area contributed by atoms with E-state index in [1.165, 1.54) is 0 Å². The Morgan fingerprint density at radius 1 is 1.50 bits per heavy atom. The molecule has 0 spiro atoms. The zero-order valence-electron chi connectivity index (χ0n) is 10.9. The average molecular weight is 230 g/mol. The van der Waals surface area contributed by atoms with Crippen molar-refractivity contribution >= 4 is 0 Å². The van der Waals surface area contributed by atoms with Crippen LogP contribution in [0.15, 0.2) is 0 Å². The van der Waals surface area contributed by atoms with Gasteiger partial charge in [0.25, 0.3) is 0 Å². The van der Waals surface area contributed by atoms with Crippen molar-refractivity contribution in [3.8, 4) is 0 Å². The van der Waals surface area contributed by atoms with Gasteiger partial charge in [-0.15, -0.1) is 0 Å². The number of hydrogen-bond donors (Lipinski definition) is 1. The van der Waals surface area contributed by atoms with Gasteiger partial charge < -0.3 is 19.7 Å². The van der Waals surface area contributed by atoms with Gasteiger partial charge in [-0.2, -0.15) is 0 Å². The Kier molecular flexibility index (Phi) is 6.28. The highest BCUT2D eigenvalue weighted by Gasteiger charge is 2.35. The molecular weight excluding hydrogens is 204 g/mol. The summed E-state index contributed by atoms with van der Waals surface area (Å²) < 4.78 is 10.9. The topological polar surface area (TPSA) is 33.7 Å². The van der Waals surface area contributed by atoms with Crippen molar-refractivity contribution in [2.75, 3.05) is 60.2 Å². The van der Waals surface area contributed by atoms with Gasteiger partial charge in [0.05, 0.1) is 13.2 Å². The smallest absolute Gasteiger partial charge is 0.0593 e. The molecule has 96 valence electrons. The summed E-state index contributed by atoms with van der Waals surface area (Å²) in [5.41, 5.74) is 0.301. The lowest BCUT2D eigenvalue weighted by Gasteiger charge is -2.32. The van der Waals surface area contributed by atoms with E-state index >= 15 is 0 Å². The summed E-state index contributed by atoms with van der Waals surface area (Å²) in [5, 5.41) is 3.29. The van der Waals surface area contributed by atoms with Crippen molar-refractivity contribution in [3.05, 3.63) is 0 Å². The molecule has 0 amide bonds. The molecule has 0 aromatic rings. The normalized spacial score (nSPS) is 25.5. The van der Waals surface area contributed by atoms with E-state index in [1.54, 1.807) is 0 Å². The van der Waals surface area contributed by atoms with Crippen LogP contribution in [0.5, 0.6) is 0 Å². The molecule has 1 heterocycles. The van der Waals surface area contributed by atoms with Crippen LogP contribution in [0.1, 0.15) is 13.3 Å². The third-order valence-electron chi connectivity index (χ3n) is 3.16. The first-order chi connectivity index (χ1) is 7.72. The Bertz CT molecular complexity index is 182. The minimum atomic E-state index is 0.301. The van der Waals surface area contributed by atoms with Crippen LogP contribution in [0.3, 0.4) is 0 Å². The minimum Gasteiger partial charge on any atom is -0.381 e. The minimum absolute atomic E-state index is 0.301. The summed E-state index contributed by atoms with van der Waals surface area (Å²) in [6, 6.07) is 0. The third kappa shape index (κ3) is 4.37. The highest BCUT2D eigenvalue weighted by atomic mass is 16.5. The zero-order valence-corrected chi connectivity index (χ0v) is 10.9. The number of rotatable bonds is 8. The monoisotopic (exact) mass is 230 g/mol. The second-order valence-electron chi connectivity index (χ2n) is 4.77. The van der Waals surface area contributed by atoms with Gasteiger partial charge in [-0.3, -0.25) is 0 Å². The lowest BCUT2D eigenvalue weighted by molar-refractivity contribution is 0.0883. The largest absolute Gasteiger partial charge is 0.381 e. The highest BCUT2D eigenvalue weighted by molar-refractivity contribution is 4.87. The van der Waals surface area contributed by atoms with Crippen LogP contribution in [-0.2, 0) is 9.47 Å². The summed E-state index contributed by atoms with van der Waals surface area (Å²) in [7, 11) is 4.18. The molecule has 4 nitrogen and oxygen atoms in total. The molecule has 1 fully saturated rings. The van der Waals surface area contributed by atoms with E-state index in [4.69, 9.17) is 9.47 Å². The van der Waals surface area contributed by atoms with Crippen molar-refractivity contribution in [1.82, 2.24) is 10.2 Å². The van der Waals surface area contributed by atoms with Gasteiger partial charge in [0.1, 0.15) is 0 Å². The molecule has 1 saturated heterocycles. The molecule has 0 aromatic carbocycles. The summed E-state index contributed by atoms with van der Waals surface area (Å²) in [4.78, 5) is 2.35. The van der Waals surface area contributed by atoms with Gasteiger partial charge >= 0.3 is 0 Å². The van der Waals surface area contributed by atoms with Crippen LogP contribution < -0.4 is 5.32 Å². The second kappa shape index (κ2) is 7.22. The lowest BCUT2D eigenvalue weighted by Crippen LogP contribution is -2.43. The molecule has 0 saturated carbocycles. The fourth-order valence-corrected chi connectivity index (χ4v) is 2.36. The van der Waals surface area contributed by atoms with Gasteiger partial charge in [0, 0.05) is 38.3 Å². The first-order valence-electron chi connectivity index (χ1n) is 6.21. The third-order valence-corrected chi connectivity index (χ3v) is 3.16. The molecule has 0 aliphatic carbocycles. The van der Waals surface area contributed by atoms with Crippen molar-refractivity contribution in [1.29, 1.82) is 0 Å². The molecule has 0 bridgehead atoms. The predicted molar refractivity (Wildman–Crippen MR) is 65.8 cm³/mol. The van der Waals surface area contributed by atoms with Crippen LogP contribution in [-0.4, -0.2) is 65.1 Å². The Hall–Kier alpha value is -0.160. The SMILES string of the molecule is CCOCCN(C)CC1(CNC)CCOC1. The molecule has 16 heavy (non-hydrogen) atoms. The van der Waals surface area contributed by atoms with Gasteiger partial charge in [-0.1, -0.05) is 0 Å². The molecule has 1 N–H and O–H groups in total. The molecule has 4 heteroatoms. The molecule has 0 aromatic heterocycles. The van der Waals surface area contributed by atoms with E-state index in [1.807, 2.05) is 14.0 Å². The van der Waals surface area contributed by atoms with Crippen molar-refractivity contribution < 1.29 is 9.47 Å². The lowest BCUT2D eigenvalue weighted by atomic mass is 9.86. The van der Waals surface area contributed by atoms with E-state index in [0.717, 1.165) is 52.5 Å². The van der Waals surface area contributed by atoms with E-state index < -0.39 is 0 Å². The van der Waals surface area contributed by atoms with Crippen LogP contribution >= 0.6 is 0 Å². The first kappa shape index (κ1) is 13.9. The molecule has 1 aliphatic heterocycles. The quantitative estimate of drug-likeness (QED) is 0.619. The van der Waals surface area contributed by atoms with Crippen molar-refractivity contribution in [2.45, 2.75) is 13.3 Å². The molecule has 1 atom stereocenters. The van der Waals surface area contributed by atoms with E-state index in [0.29, 0.717) is 5.41 Å². The van der Waals surface area contributed by atoms with Crippen LogP contribution in [0.25, 0.3) is 0 Å². The Labute approximate surface area is 99.3 Å². The molecule has 1 rings (SSSR count). The molecule has 1 aliphatic rings. The fraction of sp³-hybridized carbons (Fsp3) is 1.00. The highest BCUT2D eigenvalue weighted by Crippen LogP contribution is 2.28.